The molecule has 0 radical (unpaired) electrons. The number of carbonyl (C=O) groups is 9. The number of phosphoric acid groups is 2. The van der Waals surface area contributed by atoms with E-state index in [9.17, 15) is 56.8 Å². The number of carbonyl (C=O) groups excluding carboxylic acids is 3. The van der Waals surface area contributed by atoms with E-state index in [1.165, 1.54) is 0 Å². The van der Waals surface area contributed by atoms with Crippen LogP contribution < -0.4 is 23.3 Å². The fraction of sp³-hybridized carbons (Fsp3) is 0.575. The summed E-state index contributed by atoms with van der Waals surface area (Å²) in [5.74, 6) is -7.49. The Morgan fingerprint density at radius 3 is 0.674 bits per heavy atom. The maximum Gasteiger partial charge on any atom is 0.531 e. The van der Waals surface area contributed by atoms with E-state index in [-0.39, 0.29) is 30.0 Å². The molecule has 0 saturated heterocycles. The summed E-state index contributed by atoms with van der Waals surface area (Å²) in [5, 5.41) is 53.6. The summed E-state index contributed by atoms with van der Waals surface area (Å²) in [6, 6.07) is 42.1. The van der Waals surface area contributed by atoms with E-state index >= 15 is 0 Å². The van der Waals surface area contributed by atoms with Crippen LogP contribution in [0.4, 0.5) is 0 Å². The number of ether oxygens (including phenoxy) is 6. The lowest BCUT2D eigenvalue weighted by atomic mass is 10.0. The number of benzene rings is 6. The Labute approximate surface area is 836 Å². The molecule has 6 rings (SSSR count). The van der Waals surface area contributed by atoms with Crippen LogP contribution in [0.25, 0.3) is 0 Å². The first-order valence-electron chi connectivity index (χ1n) is 46.7. The SMILES string of the molecule is C[C@@H](Cc1ccc(CP(=O)(OC(C)(C)C)OC(C)(C)C)cc1)C(=O)O.C[C@@H](Cc1ccc(OC(C(=O)OC(C)(C)C)C(=O)OC(C)(C)C)cc1)C(=O)O.C[C@@H](Cc1ccc(OC(C)(C)C)cc1)C(=O)O.C[C@@H](Cc1ccc(OCC(=O)OC(C)(C)C)cc1)C(=O)O.C[C@@H](Cc1ccc(OP(=O)(OC(C)(C)C)OC(C)(C)C)cc1)C(=O)O.C[C@@H](Cc1ccc(OP(=O)(OC(C)(C)C)OC(C)(C)C)cc1)C(=O)O. The zero-order valence-corrected chi connectivity index (χ0v) is 92.4. The van der Waals surface area contributed by atoms with Gasteiger partial charge in [-0.1, -0.05) is 126 Å². The van der Waals surface area contributed by atoms with Gasteiger partial charge in [0.2, 0.25) is 0 Å². The summed E-state index contributed by atoms with van der Waals surface area (Å²) >= 11 is 0. The molecule has 0 aliphatic heterocycles. The first kappa shape index (κ1) is 129. The van der Waals surface area contributed by atoms with Crippen molar-refractivity contribution >= 4 is 77.0 Å². The number of hydrogen-bond donors (Lipinski definition) is 6. The van der Waals surface area contributed by atoms with Gasteiger partial charge in [-0.3, -0.25) is 51.4 Å². The van der Waals surface area contributed by atoms with Crippen LogP contribution in [0.15, 0.2) is 146 Å². The van der Waals surface area contributed by atoms with E-state index in [1.807, 2.05) is 111 Å². The molecule has 0 aliphatic carbocycles. The van der Waals surface area contributed by atoms with Crippen LogP contribution >= 0.6 is 23.2 Å². The van der Waals surface area contributed by atoms with Crippen molar-refractivity contribution in [3.63, 3.8) is 0 Å². The average molecular weight is 2040 g/mol. The molecule has 32 nitrogen and oxygen atoms in total. The van der Waals surface area contributed by atoms with Gasteiger partial charge in [-0.2, -0.15) is 0 Å². The second kappa shape index (κ2) is 55.2. The summed E-state index contributed by atoms with van der Waals surface area (Å²) in [5.41, 5.74) is -0.146. The highest BCUT2D eigenvalue weighted by molar-refractivity contribution is 7.53. The van der Waals surface area contributed by atoms with E-state index in [2.05, 4.69) is 0 Å². The zero-order chi connectivity index (χ0) is 109. The van der Waals surface area contributed by atoms with Crippen LogP contribution in [0.2, 0.25) is 0 Å². The van der Waals surface area contributed by atoms with Gasteiger partial charge in [0.05, 0.1) is 75.3 Å². The molecule has 0 heterocycles. The molecule has 0 unspecified atom stereocenters. The lowest BCUT2D eigenvalue weighted by Gasteiger charge is -2.32. The van der Waals surface area contributed by atoms with Crippen molar-refractivity contribution in [2.45, 2.75) is 356 Å². The van der Waals surface area contributed by atoms with Crippen molar-refractivity contribution in [3.8, 4) is 28.7 Å². The highest BCUT2D eigenvalue weighted by atomic mass is 31.2. The summed E-state index contributed by atoms with van der Waals surface area (Å²) in [4.78, 5) is 102. The minimum atomic E-state index is -3.84. The van der Waals surface area contributed by atoms with Crippen LogP contribution in [-0.4, -0.2) is 153 Å². The Bertz CT molecular complexity index is 4700. The van der Waals surface area contributed by atoms with Gasteiger partial charge < -0.3 is 77.2 Å². The number of rotatable bonds is 38. The van der Waals surface area contributed by atoms with Gasteiger partial charge in [-0.25, -0.2) is 23.5 Å². The molecule has 6 atom stereocenters. The predicted molar refractivity (Wildman–Crippen MR) is 542 cm³/mol. The largest absolute Gasteiger partial charge is 0.531 e. The molecule has 6 aromatic carbocycles. The van der Waals surface area contributed by atoms with Gasteiger partial charge in [0.15, 0.2) is 6.61 Å². The Hall–Kier alpha value is -10.0. The van der Waals surface area contributed by atoms with Crippen molar-refractivity contribution in [3.05, 3.63) is 185 Å². The minimum absolute atomic E-state index is 0.151. The number of phosphoric ester groups is 2. The van der Waals surface area contributed by atoms with Crippen molar-refractivity contribution in [1.29, 1.82) is 0 Å². The molecule has 6 N–H and O–H groups in total. The second-order valence-corrected chi connectivity index (χ2v) is 49.2. The van der Waals surface area contributed by atoms with Gasteiger partial charge in [0.1, 0.15) is 51.2 Å². The lowest BCUT2D eigenvalue weighted by molar-refractivity contribution is -0.179. The molecule has 35 heteroatoms. The Morgan fingerprint density at radius 1 is 0.255 bits per heavy atom. The topological polar surface area (TPSA) is 455 Å². The molecule has 0 fully saturated rings. The molecule has 0 bridgehead atoms. The third-order valence-electron chi connectivity index (χ3n) is 17.3. The van der Waals surface area contributed by atoms with Gasteiger partial charge in [0.25, 0.3) is 6.10 Å². The molecule has 0 aromatic heterocycles. The Balaban J connectivity index is 0.000000851. The highest BCUT2D eigenvalue weighted by Gasteiger charge is 2.43. The molecule has 141 heavy (non-hydrogen) atoms. The van der Waals surface area contributed by atoms with E-state index in [0.29, 0.717) is 55.8 Å². The van der Waals surface area contributed by atoms with Crippen molar-refractivity contribution < 1.29 is 152 Å². The summed E-state index contributed by atoms with van der Waals surface area (Å²) in [6.45, 7) is 63.6. The van der Waals surface area contributed by atoms with E-state index in [4.69, 9.17) is 95.3 Å². The molecule has 0 amide bonds. The predicted octanol–water partition coefficient (Wildman–Crippen LogP) is 24.6. The van der Waals surface area contributed by atoms with Gasteiger partial charge in [0, 0.05) is 0 Å². The van der Waals surface area contributed by atoms with Crippen molar-refractivity contribution in [1.82, 2.24) is 0 Å². The highest BCUT2D eigenvalue weighted by Crippen LogP contribution is 2.58. The molecule has 0 spiro atoms. The number of aliphatic carboxylic acids is 6. The first-order chi connectivity index (χ1) is 63.7. The smallest absolute Gasteiger partial charge is 0.488 e. The maximum absolute atomic E-state index is 13.2. The molecule has 6 aromatic rings. The summed E-state index contributed by atoms with van der Waals surface area (Å²) in [7, 11) is -11.0. The van der Waals surface area contributed by atoms with Gasteiger partial charge in [-0.05, 0) is 346 Å². The zero-order valence-electron chi connectivity index (χ0n) is 89.7. The number of hydrogen-bond acceptors (Lipinski definition) is 26. The van der Waals surface area contributed by atoms with E-state index in [1.54, 1.807) is 284 Å². The quantitative estimate of drug-likeness (QED) is 0.00907. The van der Waals surface area contributed by atoms with Crippen LogP contribution in [0.3, 0.4) is 0 Å². The normalized spacial score (nSPS) is 13.6. The van der Waals surface area contributed by atoms with Gasteiger partial charge >= 0.3 is 77.0 Å². The number of carboxylic acid groups (broad SMARTS) is 6. The standard InChI is InChI=1S/C21H30O7.C19H31O5P.2C18H29O6P.C16H22O5.C14H20O3/c1-13(17(22)23)12-14-8-10-15(11-9-14)26-16(18(24)27-20(2,3)4)19(25)28-21(5,6)7;1-14(17(20)21)12-15-8-10-16(11-9-15)13-25(22,23-18(2,3)4)24-19(5,6)7;2*1-13(16(19)20)12-14-8-10-15(11-9-14)22-25(21,23-17(2,3)4)24-18(5,6)7;1-11(15(18)19)9-12-5-7-13(8-6-12)20-10-14(17)21-16(2,3)4;1-10(13(15)16)9-11-5-7-12(8-6-11)17-14(2,3)4/h8-11,13,16H,12H2,1-7H3,(H,22,23);8-11,14H,12-13H2,1-7H3,(H,20,21);2*8-11,13H,12H2,1-7H3,(H,19,20);5-8,11H,9-10H2,1-4H3,(H,18,19);5-8,10H,9H2,1-4H3,(H,15,16)/t13-;14-;2*13-;11-;10-/m000000/s1. The molecule has 0 aliphatic rings. The number of carboxylic acids is 6. The maximum atomic E-state index is 13.2. The Kier molecular flexibility index (Phi) is 50.5. The van der Waals surface area contributed by atoms with E-state index < -0.39 is 163 Å². The van der Waals surface area contributed by atoms with Crippen molar-refractivity contribution in [2.24, 2.45) is 35.5 Å². The van der Waals surface area contributed by atoms with Crippen LogP contribution in [0.5, 0.6) is 28.7 Å². The fourth-order valence-electron chi connectivity index (χ4n) is 11.7. The Morgan fingerprint density at radius 2 is 0.461 bits per heavy atom. The molecule has 792 valence electrons. The fourth-order valence-corrected chi connectivity index (χ4v) is 17.8. The third kappa shape index (κ3) is 61.6. The lowest BCUT2D eigenvalue weighted by Crippen LogP contribution is -2.44. The monoisotopic (exact) mass is 2040 g/mol. The average Bonchev–Trinajstić information content (AvgIpc) is 0.830. The minimum Gasteiger partial charge on any atom is -0.488 e. The second-order valence-electron chi connectivity index (χ2n) is 44.4. The third-order valence-corrected chi connectivity index (χ3v) is 23.7. The van der Waals surface area contributed by atoms with Gasteiger partial charge in [-0.15, -0.1) is 0 Å². The summed E-state index contributed by atoms with van der Waals surface area (Å²) < 4.78 is 117. The molecule has 0 saturated carbocycles. The van der Waals surface area contributed by atoms with E-state index in [0.717, 1.165) is 44.7 Å². The van der Waals surface area contributed by atoms with Crippen molar-refractivity contribution in [2.75, 3.05) is 6.61 Å². The molecular formula is C106H161O32P3. The summed E-state index contributed by atoms with van der Waals surface area (Å²) in [6.07, 6.45) is 1.25. The number of esters is 3. The van der Waals surface area contributed by atoms with Crippen LogP contribution in [0, 0.1) is 35.5 Å². The van der Waals surface area contributed by atoms with Crippen LogP contribution in [0.1, 0.15) is 288 Å². The molecular weight excluding hydrogens is 1880 g/mol. The first-order valence-corrected chi connectivity index (χ1v) is 51.3. The van der Waals surface area contributed by atoms with Crippen LogP contribution in [-0.2, 0) is 143 Å².